The molecular formula is C14H15N3O2S3. The number of fused-ring (bicyclic) bond motifs is 1. The summed E-state index contributed by atoms with van der Waals surface area (Å²) in [4.78, 5) is 18.5. The minimum Gasteiger partial charge on any atom is -0.378 e. The highest BCUT2D eigenvalue weighted by Crippen LogP contribution is 2.25. The number of rotatable bonds is 3. The summed E-state index contributed by atoms with van der Waals surface area (Å²) in [5, 5.41) is 3.46. The first-order valence-electron chi connectivity index (χ1n) is 6.87. The average Bonchev–Trinajstić information content (AvgIpc) is 2.95. The van der Waals surface area contributed by atoms with Gasteiger partial charge in [0.15, 0.2) is 5.13 Å². The van der Waals surface area contributed by atoms with Crippen LogP contribution in [0.3, 0.4) is 0 Å². The number of carbonyl (C=O) groups excluding carboxylic acids is 1. The number of para-hydroxylation sites is 1. The maximum absolute atomic E-state index is 12.0. The molecule has 0 aliphatic carbocycles. The van der Waals surface area contributed by atoms with Gasteiger partial charge in [0.2, 0.25) is 5.91 Å². The Morgan fingerprint density at radius 2 is 2.18 bits per heavy atom. The molecule has 1 aromatic carbocycles. The number of amides is 1. The van der Waals surface area contributed by atoms with Crippen molar-refractivity contribution < 1.29 is 9.53 Å². The third-order valence-electron chi connectivity index (χ3n) is 3.14. The topological polar surface area (TPSA) is 54.5 Å². The van der Waals surface area contributed by atoms with Crippen molar-refractivity contribution in [1.82, 2.24) is 9.88 Å². The lowest BCUT2D eigenvalue weighted by molar-refractivity contribution is -0.113. The van der Waals surface area contributed by atoms with Crippen molar-refractivity contribution in [1.29, 1.82) is 0 Å². The number of thioether (sulfide) groups is 1. The zero-order valence-corrected chi connectivity index (χ0v) is 14.2. The number of thiazole rings is 1. The second-order valence-corrected chi connectivity index (χ2v) is 7.33. The molecule has 1 amide bonds. The van der Waals surface area contributed by atoms with E-state index in [1.165, 1.54) is 23.1 Å². The van der Waals surface area contributed by atoms with Gasteiger partial charge >= 0.3 is 0 Å². The number of hydrogen-bond acceptors (Lipinski definition) is 6. The first kappa shape index (κ1) is 15.7. The first-order valence-corrected chi connectivity index (χ1v) is 9.08. The number of hydrogen-bond donors (Lipinski definition) is 1. The molecule has 2 aromatic rings. The zero-order valence-electron chi connectivity index (χ0n) is 11.8. The van der Waals surface area contributed by atoms with Gasteiger partial charge in [-0.25, -0.2) is 4.98 Å². The SMILES string of the molecule is O=C(CSC(=S)N1CCOCC1)Nc1nc2ccccc2s1. The zero-order chi connectivity index (χ0) is 15.4. The van der Waals surface area contributed by atoms with Crippen LogP contribution in [-0.2, 0) is 9.53 Å². The van der Waals surface area contributed by atoms with E-state index in [9.17, 15) is 4.79 Å². The van der Waals surface area contributed by atoms with Crippen LogP contribution in [0.4, 0.5) is 5.13 Å². The molecule has 5 nitrogen and oxygen atoms in total. The van der Waals surface area contributed by atoms with Crippen LogP contribution in [0.1, 0.15) is 0 Å². The highest BCUT2D eigenvalue weighted by Gasteiger charge is 2.15. The Morgan fingerprint density at radius 3 is 2.95 bits per heavy atom. The van der Waals surface area contributed by atoms with Crippen molar-refractivity contribution in [2.45, 2.75) is 0 Å². The highest BCUT2D eigenvalue weighted by atomic mass is 32.2. The molecule has 1 aromatic heterocycles. The fourth-order valence-corrected chi connectivity index (χ4v) is 3.98. The highest BCUT2D eigenvalue weighted by molar-refractivity contribution is 8.23. The third-order valence-corrected chi connectivity index (χ3v) is 5.61. The summed E-state index contributed by atoms with van der Waals surface area (Å²) in [6.07, 6.45) is 0. The van der Waals surface area contributed by atoms with Gasteiger partial charge in [-0.1, -0.05) is 47.4 Å². The van der Waals surface area contributed by atoms with Crippen LogP contribution in [0, 0.1) is 0 Å². The van der Waals surface area contributed by atoms with Gasteiger partial charge in [0, 0.05) is 13.1 Å². The van der Waals surface area contributed by atoms with Crippen LogP contribution >= 0.6 is 35.3 Å². The molecule has 0 radical (unpaired) electrons. The Morgan fingerprint density at radius 1 is 1.41 bits per heavy atom. The fourth-order valence-electron chi connectivity index (χ4n) is 2.05. The lowest BCUT2D eigenvalue weighted by Gasteiger charge is -2.28. The van der Waals surface area contributed by atoms with Gasteiger partial charge in [-0.2, -0.15) is 0 Å². The number of benzene rings is 1. The summed E-state index contributed by atoms with van der Waals surface area (Å²) in [6, 6.07) is 7.82. The van der Waals surface area contributed by atoms with E-state index in [2.05, 4.69) is 15.2 Å². The van der Waals surface area contributed by atoms with E-state index in [4.69, 9.17) is 17.0 Å². The van der Waals surface area contributed by atoms with E-state index in [1.807, 2.05) is 24.3 Å². The largest absolute Gasteiger partial charge is 0.378 e. The van der Waals surface area contributed by atoms with E-state index < -0.39 is 0 Å². The molecule has 0 unspecified atom stereocenters. The van der Waals surface area contributed by atoms with Gasteiger partial charge in [0.05, 0.1) is 29.2 Å². The van der Waals surface area contributed by atoms with Crippen molar-refractivity contribution >= 4 is 60.9 Å². The molecule has 116 valence electrons. The van der Waals surface area contributed by atoms with Gasteiger partial charge in [0.1, 0.15) is 4.32 Å². The molecule has 0 bridgehead atoms. The van der Waals surface area contributed by atoms with Crippen LogP contribution in [0.15, 0.2) is 24.3 Å². The number of morpholine rings is 1. The summed E-state index contributed by atoms with van der Waals surface area (Å²) in [5.41, 5.74) is 0.902. The van der Waals surface area contributed by atoms with Crippen LogP contribution in [0.5, 0.6) is 0 Å². The van der Waals surface area contributed by atoms with E-state index in [0.717, 1.165) is 27.6 Å². The molecule has 1 saturated heterocycles. The number of anilines is 1. The molecule has 1 N–H and O–H groups in total. The van der Waals surface area contributed by atoms with Crippen LogP contribution in [0.25, 0.3) is 10.2 Å². The molecule has 1 fully saturated rings. The van der Waals surface area contributed by atoms with Gasteiger partial charge in [0.25, 0.3) is 0 Å². The molecule has 8 heteroatoms. The monoisotopic (exact) mass is 353 g/mol. The number of thiocarbonyl (C=S) groups is 1. The normalized spacial score (nSPS) is 15.0. The molecule has 0 saturated carbocycles. The number of ether oxygens (including phenoxy) is 1. The smallest absolute Gasteiger partial charge is 0.236 e. The predicted octanol–water partition coefficient (Wildman–Crippen LogP) is 2.59. The summed E-state index contributed by atoms with van der Waals surface area (Å²) < 4.78 is 7.10. The molecular weight excluding hydrogens is 338 g/mol. The molecule has 0 atom stereocenters. The molecule has 2 heterocycles. The predicted molar refractivity (Wildman–Crippen MR) is 95.7 cm³/mol. The van der Waals surface area contributed by atoms with Crippen molar-refractivity contribution in [3.05, 3.63) is 24.3 Å². The van der Waals surface area contributed by atoms with E-state index in [1.54, 1.807) is 0 Å². The molecule has 1 aliphatic rings. The minimum absolute atomic E-state index is 0.0836. The maximum Gasteiger partial charge on any atom is 0.236 e. The Balaban J connectivity index is 1.50. The lowest BCUT2D eigenvalue weighted by Crippen LogP contribution is -2.39. The second-order valence-electron chi connectivity index (χ2n) is 4.69. The maximum atomic E-state index is 12.0. The van der Waals surface area contributed by atoms with Gasteiger partial charge in [-0.15, -0.1) is 0 Å². The number of aromatic nitrogens is 1. The quantitative estimate of drug-likeness (QED) is 0.856. The molecule has 3 rings (SSSR count). The number of nitrogens with zero attached hydrogens (tertiary/aromatic N) is 2. The molecule has 1 aliphatic heterocycles. The Labute approximate surface area is 142 Å². The van der Waals surface area contributed by atoms with E-state index in [-0.39, 0.29) is 5.91 Å². The van der Waals surface area contributed by atoms with Crippen molar-refractivity contribution in [2.75, 3.05) is 37.4 Å². The van der Waals surface area contributed by atoms with Crippen molar-refractivity contribution in [3.8, 4) is 0 Å². The third kappa shape index (κ3) is 3.95. The van der Waals surface area contributed by atoms with Gasteiger partial charge < -0.3 is 15.0 Å². The van der Waals surface area contributed by atoms with Gasteiger partial charge in [-0.05, 0) is 12.1 Å². The average molecular weight is 353 g/mol. The Bertz CT molecular complexity index is 650. The Hall–Kier alpha value is -1.22. The summed E-state index contributed by atoms with van der Waals surface area (Å²) in [6.45, 7) is 2.98. The van der Waals surface area contributed by atoms with Crippen LogP contribution in [0.2, 0.25) is 0 Å². The van der Waals surface area contributed by atoms with E-state index >= 15 is 0 Å². The van der Waals surface area contributed by atoms with Gasteiger partial charge in [-0.3, -0.25) is 4.79 Å². The van der Waals surface area contributed by atoms with Crippen molar-refractivity contribution in [3.63, 3.8) is 0 Å². The number of nitrogens with one attached hydrogen (secondary N) is 1. The number of carbonyl (C=O) groups is 1. The minimum atomic E-state index is -0.0836. The van der Waals surface area contributed by atoms with Crippen LogP contribution in [-0.4, -0.2) is 52.2 Å². The standard InChI is InChI=1S/C14H15N3O2S3/c18-12(9-21-14(20)17-5-7-19-8-6-17)16-13-15-10-3-1-2-4-11(10)22-13/h1-4H,5-9H2,(H,15,16,18). The summed E-state index contributed by atoms with van der Waals surface area (Å²) in [7, 11) is 0. The summed E-state index contributed by atoms with van der Waals surface area (Å²) >= 11 is 8.21. The van der Waals surface area contributed by atoms with Crippen molar-refractivity contribution in [2.24, 2.45) is 0 Å². The first-order chi connectivity index (χ1) is 10.7. The van der Waals surface area contributed by atoms with Crippen LogP contribution < -0.4 is 5.32 Å². The van der Waals surface area contributed by atoms with E-state index in [0.29, 0.717) is 24.1 Å². The lowest BCUT2D eigenvalue weighted by atomic mass is 10.3. The second kappa shape index (κ2) is 7.36. The Kier molecular flexibility index (Phi) is 5.24. The summed E-state index contributed by atoms with van der Waals surface area (Å²) in [5.74, 6) is 0.214. The fraction of sp³-hybridized carbons (Fsp3) is 0.357. The molecule has 22 heavy (non-hydrogen) atoms. The molecule has 0 spiro atoms.